The standard InChI is InChI=1S/C15H19FN2O4/c1-15(2)13(20)18(14(21)17-15)7-11(19)9-22-8-10-5-3-4-6-12(10)16/h3-6,11,19H,7-9H2,1-2H3,(H,17,21)/t11-/m0/s1. The molecular weight excluding hydrogens is 291 g/mol. The molecule has 0 unspecified atom stereocenters. The molecule has 0 saturated carbocycles. The topological polar surface area (TPSA) is 78.9 Å². The van der Waals surface area contributed by atoms with E-state index in [0.717, 1.165) is 4.90 Å². The van der Waals surface area contributed by atoms with Crippen LogP contribution in [0, 0.1) is 5.82 Å². The first kappa shape index (κ1) is 16.4. The number of carbonyl (C=O) groups is 2. The molecule has 6 nitrogen and oxygen atoms in total. The van der Waals surface area contributed by atoms with Crippen LogP contribution in [0.25, 0.3) is 0 Å². The number of urea groups is 1. The van der Waals surface area contributed by atoms with E-state index < -0.39 is 23.6 Å². The van der Waals surface area contributed by atoms with Crippen molar-refractivity contribution in [3.63, 3.8) is 0 Å². The molecule has 22 heavy (non-hydrogen) atoms. The van der Waals surface area contributed by atoms with Crippen molar-refractivity contribution in [1.29, 1.82) is 0 Å². The quantitative estimate of drug-likeness (QED) is 0.769. The molecule has 120 valence electrons. The molecule has 1 fully saturated rings. The minimum atomic E-state index is -1.03. The van der Waals surface area contributed by atoms with Gasteiger partial charge in [-0.05, 0) is 19.9 Å². The molecule has 1 aliphatic rings. The number of hydrogen-bond acceptors (Lipinski definition) is 4. The van der Waals surface area contributed by atoms with Gasteiger partial charge in [0.05, 0.1) is 25.9 Å². The Morgan fingerprint density at radius 3 is 2.64 bits per heavy atom. The first-order valence-electron chi connectivity index (χ1n) is 6.94. The van der Waals surface area contributed by atoms with Gasteiger partial charge in [0.1, 0.15) is 11.4 Å². The Morgan fingerprint density at radius 2 is 2.05 bits per heavy atom. The molecule has 0 bridgehead atoms. The minimum absolute atomic E-state index is 0.00929. The van der Waals surface area contributed by atoms with Gasteiger partial charge in [-0.25, -0.2) is 9.18 Å². The second kappa shape index (κ2) is 6.41. The van der Waals surface area contributed by atoms with Gasteiger partial charge in [0, 0.05) is 5.56 Å². The number of rotatable bonds is 6. The number of hydrogen-bond donors (Lipinski definition) is 2. The third-order valence-corrected chi connectivity index (χ3v) is 3.36. The number of aliphatic hydroxyl groups is 1. The molecule has 2 rings (SSSR count). The summed E-state index contributed by atoms with van der Waals surface area (Å²) in [4.78, 5) is 24.6. The van der Waals surface area contributed by atoms with Crippen LogP contribution in [-0.4, -0.2) is 46.7 Å². The Hall–Kier alpha value is -1.99. The Balaban J connectivity index is 1.81. The molecule has 0 aromatic heterocycles. The number of amides is 3. The Kier molecular flexibility index (Phi) is 4.77. The predicted molar refractivity (Wildman–Crippen MR) is 76.4 cm³/mol. The number of imide groups is 1. The zero-order valence-corrected chi connectivity index (χ0v) is 12.5. The van der Waals surface area contributed by atoms with Crippen LogP contribution in [0.1, 0.15) is 19.4 Å². The van der Waals surface area contributed by atoms with E-state index in [4.69, 9.17) is 4.74 Å². The maximum atomic E-state index is 13.4. The molecule has 1 saturated heterocycles. The molecule has 0 aliphatic carbocycles. The third-order valence-electron chi connectivity index (χ3n) is 3.36. The molecule has 1 aromatic carbocycles. The van der Waals surface area contributed by atoms with Gasteiger partial charge in [0.2, 0.25) is 0 Å². The van der Waals surface area contributed by atoms with Crippen molar-refractivity contribution in [3.8, 4) is 0 Å². The Labute approximate surface area is 127 Å². The zero-order chi connectivity index (χ0) is 16.3. The van der Waals surface area contributed by atoms with Gasteiger partial charge in [-0.2, -0.15) is 0 Å². The summed E-state index contributed by atoms with van der Waals surface area (Å²) in [5.41, 5.74) is -0.587. The lowest BCUT2D eigenvalue weighted by molar-refractivity contribution is -0.131. The van der Waals surface area contributed by atoms with Crippen molar-refractivity contribution in [2.75, 3.05) is 13.2 Å². The van der Waals surface area contributed by atoms with E-state index in [0.29, 0.717) is 5.56 Å². The van der Waals surface area contributed by atoms with Crippen molar-refractivity contribution in [1.82, 2.24) is 10.2 Å². The van der Waals surface area contributed by atoms with Gasteiger partial charge < -0.3 is 15.2 Å². The number of carbonyl (C=O) groups excluding carboxylic acids is 2. The van der Waals surface area contributed by atoms with E-state index in [1.165, 1.54) is 6.07 Å². The highest BCUT2D eigenvalue weighted by Crippen LogP contribution is 2.17. The molecule has 0 radical (unpaired) electrons. The van der Waals surface area contributed by atoms with Crippen molar-refractivity contribution in [2.24, 2.45) is 0 Å². The van der Waals surface area contributed by atoms with Crippen LogP contribution >= 0.6 is 0 Å². The lowest BCUT2D eigenvalue weighted by Crippen LogP contribution is -2.42. The first-order valence-corrected chi connectivity index (χ1v) is 6.94. The fourth-order valence-electron chi connectivity index (χ4n) is 2.17. The number of aliphatic hydroxyl groups excluding tert-OH is 1. The molecule has 0 spiro atoms. The van der Waals surface area contributed by atoms with Crippen LogP contribution in [0.2, 0.25) is 0 Å². The van der Waals surface area contributed by atoms with Crippen LogP contribution in [0.15, 0.2) is 24.3 Å². The fraction of sp³-hybridized carbons (Fsp3) is 0.467. The molecule has 1 heterocycles. The second-order valence-electron chi connectivity index (χ2n) is 5.73. The zero-order valence-electron chi connectivity index (χ0n) is 12.5. The van der Waals surface area contributed by atoms with Gasteiger partial charge in [0.25, 0.3) is 5.91 Å². The summed E-state index contributed by atoms with van der Waals surface area (Å²) in [6, 6.07) is 5.63. The van der Waals surface area contributed by atoms with Gasteiger partial charge in [0.15, 0.2) is 0 Å². The summed E-state index contributed by atoms with van der Waals surface area (Å²) in [5, 5.41) is 12.4. The molecule has 1 aromatic rings. The van der Waals surface area contributed by atoms with Crippen LogP contribution < -0.4 is 5.32 Å². The molecule has 1 aliphatic heterocycles. The highest BCUT2D eigenvalue weighted by molar-refractivity contribution is 6.06. The molecule has 2 N–H and O–H groups in total. The summed E-state index contributed by atoms with van der Waals surface area (Å²) in [7, 11) is 0. The summed E-state index contributed by atoms with van der Waals surface area (Å²) in [6.07, 6.45) is -1.03. The SMILES string of the molecule is CC1(C)NC(=O)N(C[C@H](O)COCc2ccccc2F)C1=O. The van der Waals surface area contributed by atoms with Crippen LogP contribution in [-0.2, 0) is 16.1 Å². The summed E-state index contributed by atoms with van der Waals surface area (Å²) in [6.45, 7) is 2.93. The smallest absolute Gasteiger partial charge is 0.325 e. The van der Waals surface area contributed by atoms with Crippen LogP contribution in [0.5, 0.6) is 0 Å². The highest BCUT2D eigenvalue weighted by Gasteiger charge is 2.44. The Bertz CT molecular complexity index is 576. The minimum Gasteiger partial charge on any atom is -0.389 e. The van der Waals surface area contributed by atoms with Gasteiger partial charge in [-0.1, -0.05) is 18.2 Å². The monoisotopic (exact) mass is 310 g/mol. The van der Waals surface area contributed by atoms with E-state index in [9.17, 15) is 19.1 Å². The molecular formula is C15H19FN2O4. The summed E-state index contributed by atoms with van der Waals surface area (Å²) in [5.74, 6) is -0.779. The number of β-amino-alcohol motifs (C(OH)–C–C–N with tert-alkyl or cyclic N) is 1. The average Bonchev–Trinajstić information content (AvgIpc) is 2.63. The number of benzene rings is 1. The van der Waals surface area contributed by atoms with E-state index in [-0.39, 0.29) is 25.6 Å². The highest BCUT2D eigenvalue weighted by atomic mass is 19.1. The van der Waals surface area contributed by atoms with E-state index >= 15 is 0 Å². The largest absolute Gasteiger partial charge is 0.389 e. The first-order chi connectivity index (χ1) is 10.3. The summed E-state index contributed by atoms with van der Waals surface area (Å²) < 4.78 is 18.6. The lowest BCUT2D eigenvalue weighted by atomic mass is 10.1. The lowest BCUT2D eigenvalue weighted by Gasteiger charge is -2.19. The number of halogens is 1. The average molecular weight is 310 g/mol. The van der Waals surface area contributed by atoms with Gasteiger partial charge >= 0.3 is 6.03 Å². The normalized spacial score (nSPS) is 18.5. The van der Waals surface area contributed by atoms with Crippen molar-refractivity contribution in [2.45, 2.75) is 32.1 Å². The maximum absolute atomic E-state index is 13.4. The third kappa shape index (κ3) is 3.61. The number of nitrogens with zero attached hydrogens (tertiary/aromatic N) is 1. The molecule has 3 amide bonds. The van der Waals surface area contributed by atoms with Crippen molar-refractivity contribution >= 4 is 11.9 Å². The second-order valence-corrected chi connectivity index (χ2v) is 5.73. The number of ether oxygens (including phenoxy) is 1. The summed E-state index contributed by atoms with van der Waals surface area (Å²) >= 11 is 0. The number of nitrogens with one attached hydrogen (secondary N) is 1. The maximum Gasteiger partial charge on any atom is 0.325 e. The van der Waals surface area contributed by atoms with Crippen molar-refractivity contribution in [3.05, 3.63) is 35.6 Å². The Morgan fingerprint density at radius 1 is 1.36 bits per heavy atom. The molecule has 1 atom stereocenters. The van der Waals surface area contributed by atoms with Crippen molar-refractivity contribution < 1.29 is 23.8 Å². The van der Waals surface area contributed by atoms with E-state index in [1.807, 2.05) is 0 Å². The van der Waals surface area contributed by atoms with Crippen LogP contribution in [0.4, 0.5) is 9.18 Å². The van der Waals surface area contributed by atoms with E-state index in [1.54, 1.807) is 32.0 Å². The predicted octanol–water partition coefficient (Wildman–Crippen LogP) is 1.03. The molecule has 7 heteroatoms. The van der Waals surface area contributed by atoms with Crippen LogP contribution in [0.3, 0.4) is 0 Å². The fourth-order valence-corrected chi connectivity index (χ4v) is 2.17. The van der Waals surface area contributed by atoms with Gasteiger partial charge in [-0.3, -0.25) is 9.69 Å². The van der Waals surface area contributed by atoms with E-state index in [2.05, 4.69) is 5.32 Å². The van der Waals surface area contributed by atoms with Gasteiger partial charge in [-0.15, -0.1) is 0 Å².